The van der Waals surface area contributed by atoms with E-state index in [1.165, 1.54) is 52.7 Å². The molecule has 2 aromatic heterocycles. The molecule has 308 valence electrons. The molecule has 0 spiro atoms. The van der Waals surface area contributed by atoms with Crippen LogP contribution in [0.25, 0.3) is 17.2 Å². The fourth-order valence-electron chi connectivity index (χ4n) is 7.74. The van der Waals surface area contributed by atoms with Crippen LogP contribution in [0.15, 0.2) is 166 Å². The van der Waals surface area contributed by atoms with Crippen LogP contribution in [0.2, 0.25) is 0 Å². The van der Waals surface area contributed by atoms with Crippen LogP contribution in [0.1, 0.15) is 27.5 Å². The summed E-state index contributed by atoms with van der Waals surface area (Å²) in [7, 11) is 0. The molecule has 0 saturated heterocycles. The van der Waals surface area contributed by atoms with Gasteiger partial charge in [-0.15, -0.1) is 22.7 Å². The lowest BCUT2D eigenvalue weighted by atomic mass is 9.87. The summed E-state index contributed by atoms with van der Waals surface area (Å²) in [5.74, 6) is -13.5. The molecule has 0 saturated carbocycles. The molecule has 1 atom stereocenters. The summed E-state index contributed by atoms with van der Waals surface area (Å²) in [5.41, 5.74) is -4.63. The van der Waals surface area contributed by atoms with Gasteiger partial charge in [-0.2, -0.15) is 0 Å². The third-order valence-corrected chi connectivity index (χ3v) is 17.6. The van der Waals surface area contributed by atoms with E-state index in [4.69, 9.17) is 0 Å². The normalized spacial score (nSPS) is 13.2. The van der Waals surface area contributed by atoms with Crippen LogP contribution < -0.4 is 4.90 Å². The monoisotopic (exact) mass is 941 g/mol. The molecule has 0 N–H and O–H groups in total. The number of rotatable bonds is 9. The Labute approximate surface area is 376 Å². The van der Waals surface area contributed by atoms with Crippen molar-refractivity contribution < 1.29 is 30.7 Å². The van der Waals surface area contributed by atoms with Gasteiger partial charge in [0.2, 0.25) is 0 Å². The zero-order valence-electron chi connectivity index (χ0n) is 31.7. The van der Waals surface area contributed by atoms with Crippen molar-refractivity contribution in [3.05, 3.63) is 189 Å². The van der Waals surface area contributed by atoms with Gasteiger partial charge in [-0.3, -0.25) is 4.90 Å². The first-order chi connectivity index (χ1) is 30.1. The summed E-state index contributed by atoms with van der Waals surface area (Å²) >= 11 is 8.27. The zero-order chi connectivity index (χ0) is 42.8. The van der Waals surface area contributed by atoms with E-state index >= 15 is 30.7 Å². The first-order valence-corrected chi connectivity index (χ1v) is 23.9. The molecule has 4 heterocycles. The minimum Gasteiger partial charge on any atom is -0.295 e. The Bertz CT molecular complexity index is 3050. The summed E-state index contributed by atoms with van der Waals surface area (Å²) in [6.45, 7) is 3.56. The summed E-state index contributed by atoms with van der Waals surface area (Å²) in [6.07, 6.45) is 0.373. The second-order valence-electron chi connectivity index (χ2n) is 14.0. The van der Waals surface area contributed by atoms with E-state index in [9.17, 15) is 0 Å². The second-order valence-corrected chi connectivity index (χ2v) is 20.2. The van der Waals surface area contributed by atoms with Crippen LogP contribution in [-0.4, -0.2) is 0 Å². The molecular weight excluding hydrogens is 916 g/mol. The predicted molar refractivity (Wildman–Crippen MR) is 240 cm³/mol. The minimum absolute atomic E-state index is 0.216. The topological polar surface area (TPSA) is 3.24 Å². The van der Waals surface area contributed by atoms with Gasteiger partial charge in [0.1, 0.15) is 16.5 Å². The Hall–Kier alpha value is -4.83. The highest BCUT2D eigenvalue weighted by Gasteiger charge is 2.38. The van der Waals surface area contributed by atoms with Crippen LogP contribution in [0, 0.1) is 40.7 Å². The number of hydrogen-bond acceptors (Lipinski definition) is 7. The highest BCUT2D eigenvalue weighted by Crippen LogP contribution is 2.56. The van der Waals surface area contributed by atoms with E-state index < -0.39 is 81.0 Å². The Morgan fingerprint density at radius 3 is 1.65 bits per heavy atom. The summed E-state index contributed by atoms with van der Waals surface area (Å²) in [4.78, 5) is 8.83. The van der Waals surface area contributed by atoms with Crippen LogP contribution in [-0.2, 0) is 6.42 Å². The summed E-state index contributed by atoms with van der Waals surface area (Å²) in [6, 6.07) is 32.9. The van der Waals surface area contributed by atoms with E-state index in [1.807, 2.05) is 84.2 Å². The molecule has 8 aromatic rings. The van der Waals surface area contributed by atoms with Crippen molar-refractivity contribution in [2.75, 3.05) is 4.90 Å². The average Bonchev–Trinajstić information content (AvgIpc) is 4.04. The maximum Gasteiger partial charge on any atom is 0.186 e. The molecule has 0 bridgehead atoms. The first kappa shape index (κ1) is 41.2. The summed E-state index contributed by atoms with van der Waals surface area (Å²) in [5, 5.41) is 3.67. The lowest BCUT2D eigenvalue weighted by molar-refractivity contribution is 0.454. The van der Waals surface area contributed by atoms with Crippen molar-refractivity contribution >= 4 is 92.2 Å². The maximum absolute atomic E-state index is 16.9. The number of fused-ring (bicyclic) bond motifs is 4. The van der Waals surface area contributed by atoms with Gasteiger partial charge in [0.25, 0.3) is 0 Å². The van der Waals surface area contributed by atoms with Gasteiger partial charge >= 0.3 is 0 Å². The molecular formula is C48H26F7NS6. The van der Waals surface area contributed by atoms with Gasteiger partial charge in [-0.25, -0.2) is 30.7 Å². The predicted octanol–water partition coefficient (Wildman–Crippen LogP) is 17.2. The van der Waals surface area contributed by atoms with Gasteiger partial charge in [0.15, 0.2) is 34.9 Å². The zero-order valence-corrected chi connectivity index (χ0v) is 36.6. The molecule has 0 radical (unpaired) electrons. The standard InChI is InChI=1S/C48H26F7NS6/c1-2-24-37(41(51)40(50)27(39(24)49)23-26(29-19-9-21-57-29)25-11-7-17-34-47(25)61-32-15-5-3-13-30(32)59-34)38-42(52)44(54)46(45(55)43(38)53)56(36-20-10-22-58-36)28-12-8-18-35-48(28)62-33-16-6-4-14-31(33)60-35/h2-22,26H,1,23H2. The third kappa shape index (κ3) is 6.90. The SMILES string of the molecule is C=Cc1c(F)c(CC(c2cccs2)c2cccc3c2Sc2ccccc2S3)c(F)c(F)c1-c1c(F)c(F)c(N(c2cccs2)c2cccc3c2Sc2ccccc2S3)c(F)c1F. The molecule has 1 nitrogen and oxygen atoms in total. The van der Waals surface area contributed by atoms with Crippen molar-refractivity contribution in [3.8, 4) is 11.1 Å². The van der Waals surface area contributed by atoms with Crippen LogP contribution in [0.3, 0.4) is 0 Å². The van der Waals surface area contributed by atoms with E-state index in [1.54, 1.807) is 41.4 Å². The van der Waals surface area contributed by atoms with Gasteiger partial charge in [-0.1, -0.05) is 108 Å². The number of nitrogens with zero attached hydrogens (tertiary/aromatic N) is 1. The average molecular weight is 942 g/mol. The van der Waals surface area contributed by atoms with Gasteiger partial charge in [0.05, 0.1) is 16.1 Å². The fraction of sp³-hybridized carbons (Fsp3) is 0.0417. The molecule has 0 amide bonds. The van der Waals surface area contributed by atoms with E-state index in [-0.39, 0.29) is 10.7 Å². The van der Waals surface area contributed by atoms with Crippen molar-refractivity contribution in [1.29, 1.82) is 0 Å². The summed E-state index contributed by atoms with van der Waals surface area (Å²) < 4.78 is 117. The molecule has 2 aliphatic rings. The Balaban J connectivity index is 1.10. The van der Waals surface area contributed by atoms with E-state index in [2.05, 4.69) is 6.58 Å². The van der Waals surface area contributed by atoms with Gasteiger partial charge < -0.3 is 0 Å². The molecule has 2 aliphatic heterocycles. The number of anilines is 3. The molecule has 0 aliphatic carbocycles. The Morgan fingerprint density at radius 1 is 0.500 bits per heavy atom. The number of hydrogen-bond donors (Lipinski definition) is 0. The molecule has 1 unspecified atom stereocenters. The van der Waals surface area contributed by atoms with Crippen molar-refractivity contribution in [1.82, 2.24) is 0 Å². The molecule has 14 heteroatoms. The highest BCUT2D eigenvalue weighted by molar-refractivity contribution is 8.05. The number of benzene rings is 6. The molecule has 10 rings (SSSR count). The third-order valence-electron chi connectivity index (χ3n) is 10.5. The number of halogens is 7. The Kier molecular flexibility index (Phi) is 11.1. The number of thiophene rings is 2. The largest absolute Gasteiger partial charge is 0.295 e. The quantitative estimate of drug-likeness (QED) is 0.104. The molecule has 6 aromatic carbocycles. The van der Waals surface area contributed by atoms with Crippen molar-refractivity contribution in [2.45, 2.75) is 51.5 Å². The minimum atomic E-state index is -2.03. The second kappa shape index (κ2) is 16.7. The van der Waals surface area contributed by atoms with Crippen LogP contribution >= 0.6 is 69.7 Å². The fourth-order valence-corrected chi connectivity index (χ4v) is 14.1. The van der Waals surface area contributed by atoms with Crippen molar-refractivity contribution in [2.24, 2.45) is 0 Å². The molecule has 0 fully saturated rings. The van der Waals surface area contributed by atoms with Crippen molar-refractivity contribution in [3.63, 3.8) is 0 Å². The van der Waals surface area contributed by atoms with Crippen LogP contribution in [0.5, 0.6) is 0 Å². The van der Waals surface area contributed by atoms with Gasteiger partial charge in [0, 0.05) is 61.8 Å². The lowest BCUT2D eigenvalue weighted by Crippen LogP contribution is -2.18. The smallest absolute Gasteiger partial charge is 0.186 e. The van der Waals surface area contributed by atoms with Crippen LogP contribution in [0.4, 0.5) is 47.1 Å². The van der Waals surface area contributed by atoms with E-state index in [0.717, 1.165) is 67.0 Å². The Morgan fingerprint density at radius 2 is 1.05 bits per heavy atom. The highest BCUT2D eigenvalue weighted by atomic mass is 32.2. The van der Waals surface area contributed by atoms with Gasteiger partial charge in [-0.05, 0) is 83.4 Å². The maximum atomic E-state index is 16.9. The lowest BCUT2D eigenvalue weighted by Gasteiger charge is -2.30. The first-order valence-electron chi connectivity index (χ1n) is 18.8. The van der Waals surface area contributed by atoms with E-state index in [0.29, 0.717) is 4.90 Å². The molecule has 62 heavy (non-hydrogen) atoms.